The van der Waals surface area contributed by atoms with Crippen LogP contribution in [-0.2, 0) is 16.6 Å². The summed E-state index contributed by atoms with van der Waals surface area (Å²) in [6.07, 6.45) is -2.78. The number of aliphatic carboxylic acids is 1. The van der Waals surface area contributed by atoms with Gasteiger partial charge >= 0.3 is 12.1 Å². The molecule has 5 rings (SSSR count). The van der Waals surface area contributed by atoms with Gasteiger partial charge in [0.2, 0.25) is 0 Å². The molecule has 0 radical (unpaired) electrons. The van der Waals surface area contributed by atoms with Crippen molar-refractivity contribution in [2.24, 2.45) is 7.05 Å². The number of hydrogen-bond donors (Lipinski definition) is 2. The minimum atomic E-state index is -4.55. The molecule has 1 amide bonds. The number of carboxylic acid groups (broad SMARTS) is 1. The molecule has 9 nitrogen and oxygen atoms in total. The summed E-state index contributed by atoms with van der Waals surface area (Å²) >= 11 is 0. The minimum Gasteiger partial charge on any atom is -0.480 e. The molecule has 1 unspecified atom stereocenters. The van der Waals surface area contributed by atoms with E-state index in [1.54, 1.807) is 10.8 Å². The molecule has 13 heteroatoms. The van der Waals surface area contributed by atoms with Gasteiger partial charge in [-0.25, -0.2) is 4.39 Å². The smallest absolute Gasteiger partial charge is 0.411 e. The van der Waals surface area contributed by atoms with E-state index in [0.29, 0.717) is 5.56 Å². The van der Waals surface area contributed by atoms with Gasteiger partial charge in [-0.05, 0) is 68.7 Å². The number of ether oxygens (including phenoxy) is 1. The molecular weight excluding hydrogens is 608 g/mol. The number of carbonyl (C=O) groups excluding carboxylic acids is 1. The molecule has 4 aromatic rings. The highest BCUT2D eigenvalue weighted by Gasteiger charge is 2.45. The van der Waals surface area contributed by atoms with Crippen molar-refractivity contribution in [3.63, 3.8) is 0 Å². The van der Waals surface area contributed by atoms with Gasteiger partial charge in [0.15, 0.2) is 0 Å². The number of rotatable bonds is 5. The van der Waals surface area contributed by atoms with Crippen molar-refractivity contribution in [3.05, 3.63) is 92.8 Å². The van der Waals surface area contributed by atoms with Crippen LogP contribution in [0.4, 0.5) is 23.2 Å². The van der Waals surface area contributed by atoms with Crippen molar-refractivity contribution < 1.29 is 37.0 Å². The molecule has 244 valence electrons. The van der Waals surface area contributed by atoms with E-state index in [4.69, 9.17) is 9.84 Å². The summed E-state index contributed by atoms with van der Waals surface area (Å²) < 4.78 is 60.3. The number of amides is 1. The summed E-state index contributed by atoms with van der Waals surface area (Å²) in [6, 6.07) is 10.2. The molecule has 0 bridgehead atoms. The summed E-state index contributed by atoms with van der Waals surface area (Å²) in [7, 11) is 1.82. The van der Waals surface area contributed by atoms with Crippen LogP contribution in [0.3, 0.4) is 0 Å². The third-order valence-corrected chi connectivity index (χ3v) is 7.98. The first kappa shape index (κ1) is 34.1. The van der Waals surface area contributed by atoms with Gasteiger partial charge in [-0.3, -0.25) is 19.4 Å². The fourth-order valence-corrected chi connectivity index (χ4v) is 5.31. The zero-order valence-corrected chi connectivity index (χ0v) is 26.0. The molecule has 0 spiro atoms. The second kappa shape index (κ2) is 13.7. The molecule has 0 saturated carbocycles. The lowest BCUT2D eigenvalue weighted by atomic mass is 9.98. The first-order valence-electron chi connectivity index (χ1n) is 14.3. The standard InChI is InChI=1S/C18H18N2O.C15H16F4N2O4/c1-11-7-8-15(17-14(11)6-5-9-19-17)16-10-12(2)13(3)20(4)18(16)21;1-8-4-9(21-2-3-25-7-11(21)15(17,18)19)5-10(16)13(8)14(24)20-6-12(22)23/h5-10H,1-4H3;4-5,11H,2-3,6-7H2,1H3,(H,20,24)(H,22,23). The SMILES string of the molecule is Cc1cc(-c2ccc(C)c3cccnc23)c(=O)n(C)c1C.Cc1cc(N2CCOCC2C(F)(F)F)cc(F)c1C(=O)NCC(=O)O. The number of pyridine rings is 2. The Morgan fingerprint density at radius 3 is 2.41 bits per heavy atom. The normalized spacial score (nSPS) is 14.9. The van der Waals surface area contributed by atoms with Gasteiger partial charge in [-0.15, -0.1) is 0 Å². The first-order chi connectivity index (χ1) is 21.6. The molecule has 1 fully saturated rings. The van der Waals surface area contributed by atoms with Crippen LogP contribution >= 0.6 is 0 Å². The van der Waals surface area contributed by atoms with Crippen LogP contribution in [-0.4, -0.2) is 65.1 Å². The number of carboxylic acids is 1. The molecular formula is C33H34F4N4O5. The summed E-state index contributed by atoms with van der Waals surface area (Å²) in [5, 5.41) is 11.6. The molecule has 1 aliphatic heterocycles. The van der Waals surface area contributed by atoms with E-state index in [2.05, 4.69) is 11.9 Å². The van der Waals surface area contributed by atoms with Crippen LogP contribution in [0.25, 0.3) is 22.0 Å². The van der Waals surface area contributed by atoms with Gasteiger partial charge in [0.25, 0.3) is 11.5 Å². The van der Waals surface area contributed by atoms with Crippen LogP contribution in [0.15, 0.2) is 53.5 Å². The fourth-order valence-electron chi connectivity index (χ4n) is 5.31. The maximum absolute atomic E-state index is 14.3. The lowest BCUT2D eigenvalue weighted by Crippen LogP contribution is -2.53. The Hall–Kier alpha value is -4.78. The Bertz CT molecular complexity index is 1830. The molecule has 2 N–H and O–H groups in total. The number of benzene rings is 2. The van der Waals surface area contributed by atoms with Crippen LogP contribution in [0.2, 0.25) is 0 Å². The fraction of sp³-hybridized carbons (Fsp3) is 0.333. The van der Waals surface area contributed by atoms with E-state index < -0.39 is 48.6 Å². The predicted octanol–water partition coefficient (Wildman–Crippen LogP) is 5.24. The maximum Gasteiger partial charge on any atom is 0.411 e. The summed E-state index contributed by atoms with van der Waals surface area (Å²) in [6.45, 7) is 6.15. The molecule has 46 heavy (non-hydrogen) atoms. The third kappa shape index (κ3) is 7.20. The minimum absolute atomic E-state index is 0.0181. The summed E-state index contributed by atoms with van der Waals surface area (Å²) in [4.78, 5) is 40.4. The van der Waals surface area contributed by atoms with Gasteiger partial charge in [0.1, 0.15) is 18.4 Å². The van der Waals surface area contributed by atoms with Crippen molar-refractivity contribution >= 4 is 28.5 Å². The number of carbonyl (C=O) groups is 2. The highest BCUT2D eigenvalue weighted by Crippen LogP contribution is 2.33. The monoisotopic (exact) mass is 642 g/mol. The lowest BCUT2D eigenvalue weighted by molar-refractivity contribution is -0.167. The summed E-state index contributed by atoms with van der Waals surface area (Å²) in [5.74, 6) is -3.27. The van der Waals surface area contributed by atoms with Crippen molar-refractivity contribution in [2.45, 2.75) is 39.9 Å². The van der Waals surface area contributed by atoms with Crippen LogP contribution in [0, 0.1) is 33.5 Å². The molecule has 3 heterocycles. The molecule has 0 aliphatic carbocycles. The number of nitrogens with zero attached hydrogens (tertiary/aromatic N) is 3. The van der Waals surface area contributed by atoms with E-state index in [1.165, 1.54) is 18.6 Å². The molecule has 1 aliphatic rings. The van der Waals surface area contributed by atoms with Gasteiger partial charge in [-0.2, -0.15) is 13.2 Å². The number of aromatic nitrogens is 2. The highest BCUT2D eigenvalue weighted by molar-refractivity contribution is 5.98. The van der Waals surface area contributed by atoms with E-state index in [1.807, 2.05) is 56.5 Å². The van der Waals surface area contributed by atoms with Crippen LogP contribution < -0.4 is 15.8 Å². The Kier molecular flexibility index (Phi) is 10.1. The molecule has 1 saturated heterocycles. The van der Waals surface area contributed by atoms with Crippen molar-refractivity contribution in [2.75, 3.05) is 31.2 Å². The number of nitrogens with one attached hydrogen (secondary N) is 1. The van der Waals surface area contributed by atoms with E-state index >= 15 is 0 Å². The van der Waals surface area contributed by atoms with E-state index in [-0.39, 0.29) is 30.0 Å². The van der Waals surface area contributed by atoms with Gasteiger partial charge in [-0.1, -0.05) is 18.2 Å². The Morgan fingerprint density at radius 1 is 1.04 bits per heavy atom. The molecule has 2 aromatic heterocycles. The van der Waals surface area contributed by atoms with E-state index in [0.717, 1.165) is 38.7 Å². The largest absolute Gasteiger partial charge is 0.480 e. The van der Waals surface area contributed by atoms with Crippen molar-refractivity contribution in [3.8, 4) is 11.1 Å². The highest BCUT2D eigenvalue weighted by atomic mass is 19.4. The van der Waals surface area contributed by atoms with Gasteiger partial charge in [0, 0.05) is 47.7 Å². The number of fused-ring (bicyclic) bond motifs is 1. The number of morpholine rings is 1. The molecule has 1 atom stereocenters. The number of anilines is 1. The zero-order valence-electron chi connectivity index (χ0n) is 26.0. The first-order valence-corrected chi connectivity index (χ1v) is 14.3. The summed E-state index contributed by atoms with van der Waals surface area (Å²) in [5.41, 5.74) is 5.48. The Morgan fingerprint density at radius 2 is 1.76 bits per heavy atom. The number of alkyl halides is 3. The average Bonchev–Trinajstić information content (AvgIpc) is 3.01. The quantitative estimate of drug-likeness (QED) is 0.286. The van der Waals surface area contributed by atoms with Gasteiger partial charge in [0.05, 0.1) is 24.3 Å². The van der Waals surface area contributed by atoms with Gasteiger partial charge < -0.3 is 24.6 Å². The van der Waals surface area contributed by atoms with Crippen molar-refractivity contribution in [1.29, 1.82) is 0 Å². The van der Waals surface area contributed by atoms with Crippen LogP contribution in [0.1, 0.15) is 32.7 Å². The second-order valence-electron chi connectivity index (χ2n) is 11.0. The second-order valence-corrected chi connectivity index (χ2v) is 11.0. The molecule has 2 aromatic carbocycles. The Labute approximate surface area is 262 Å². The lowest BCUT2D eigenvalue weighted by Gasteiger charge is -2.38. The topological polar surface area (TPSA) is 114 Å². The Balaban J connectivity index is 0.000000211. The number of halogens is 4. The average molecular weight is 643 g/mol. The van der Waals surface area contributed by atoms with Crippen LogP contribution in [0.5, 0.6) is 0 Å². The van der Waals surface area contributed by atoms with Crippen molar-refractivity contribution in [1.82, 2.24) is 14.9 Å². The third-order valence-electron chi connectivity index (χ3n) is 7.98. The number of hydrogen-bond acceptors (Lipinski definition) is 6. The predicted molar refractivity (Wildman–Crippen MR) is 166 cm³/mol. The maximum atomic E-state index is 14.3. The zero-order chi connectivity index (χ0) is 33.9. The number of aryl methyl sites for hydroxylation is 3. The van der Waals surface area contributed by atoms with E-state index in [9.17, 15) is 31.9 Å².